The molecule has 3 aromatic rings. The number of halogens is 1. The number of aromatic nitrogens is 4. The Balaban J connectivity index is 1.83. The molecule has 1 aromatic carbocycles. The zero-order chi connectivity index (χ0) is 15.3. The van der Waals surface area contributed by atoms with Crippen LogP contribution in [-0.4, -0.2) is 19.6 Å². The van der Waals surface area contributed by atoms with E-state index >= 15 is 0 Å². The summed E-state index contributed by atoms with van der Waals surface area (Å²) < 4.78 is 4.01. The fraction of sp³-hybridized carbons (Fsp3) is 0.412. The lowest BCUT2D eigenvalue weighted by Gasteiger charge is -2.12. The molecule has 0 saturated heterocycles. The SMILES string of the molecule is CCC(C)c1cc2c(cnn2-c2cnn(C3CC3)c2)cc1Cl. The van der Waals surface area contributed by atoms with Gasteiger partial charge in [0.05, 0.1) is 30.1 Å². The Morgan fingerprint density at radius 3 is 2.82 bits per heavy atom. The lowest BCUT2D eigenvalue weighted by molar-refractivity contribution is 0.641. The summed E-state index contributed by atoms with van der Waals surface area (Å²) in [5.41, 5.74) is 3.29. The molecule has 0 bridgehead atoms. The molecule has 2 aromatic heterocycles. The minimum atomic E-state index is 0.439. The number of hydrogen-bond acceptors (Lipinski definition) is 2. The molecule has 2 heterocycles. The Hall–Kier alpha value is -1.81. The second-order valence-electron chi connectivity index (χ2n) is 6.21. The second-order valence-corrected chi connectivity index (χ2v) is 6.62. The van der Waals surface area contributed by atoms with Gasteiger partial charge in [-0.3, -0.25) is 4.68 Å². The smallest absolute Gasteiger partial charge is 0.103 e. The van der Waals surface area contributed by atoms with Crippen LogP contribution in [0.25, 0.3) is 16.6 Å². The summed E-state index contributed by atoms with van der Waals surface area (Å²) >= 11 is 6.43. The Labute approximate surface area is 134 Å². The average Bonchev–Trinajstić information content (AvgIpc) is 3.11. The maximum absolute atomic E-state index is 6.43. The minimum absolute atomic E-state index is 0.439. The molecule has 22 heavy (non-hydrogen) atoms. The van der Waals surface area contributed by atoms with Gasteiger partial charge in [0.1, 0.15) is 5.69 Å². The molecule has 0 amide bonds. The minimum Gasteiger partial charge on any atom is -0.267 e. The van der Waals surface area contributed by atoms with E-state index in [9.17, 15) is 0 Å². The number of fused-ring (bicyclic) bond motifs is 1. The van der Waals surface area contributed by atoms with Crippen LogP contribution in [0.5, 0.6) is 0 Å². The molecule has 1 fully saturated rings. The van der Waals surface area contributed by atoms with Crippen molar-refractivity contribution in [1.82, 2.24) is 19.6 Å². The molecule has 1 aliphatic rings. The van der Waals surface area contributed by atoms with E-state index in [1.54, 1.807) is 0 Å². The zero-order valence-electron chi connectivity index (χ0n) is 12.8. The van der Waals surface area contributed by atoms with Crippen LogP contribution in [0.15, 0.2) is 30.7 Å². The first-order valence-electron chi connectivity index (χ1n) is 7.89. The molecule has 1 aliphatic carbocycles. The Morgan fingerprint density at radius 2 is 2.09 bits per heavy atom. The van der Waals surface area contributed by atoms with E-state index in [2.05, 4.69) is 36.3 Å². The molecule has 4 nitrogen and oxygen atoms in total. The van der Waals surface area contributed by atoms with E-state index in [-0.39, 0.29) is 0 Å². The van der Waals surface area contributed by atoms with Crippen LogP contribution >= 0.6 is 11.6 Å². The first-order valence-corrected chi connectivity index (χ1v) is 8.27. The molecule has 1 atom stereocenters. The lowest BCUT2D eigenvalue weighted by Crippen LogP contribution is -1.98. The predicted octanol–water partition coefficient (Wildman–Crippen LogP) is 4.72. The maximum atomic E-state index is 6.43. The van der Waals surface area contributed by atoms with E-state index in [1.165, 1.54) is 18.4 Å². The van der Waals surface area contributed by atoms with Gasteiger partial charge in [-0.2, -0.15) is 10.2 Å². The van der Waals surface area contributed by atoms with Gasteiger partial charge in [-0.05, 0) is 42.9 Å². The van der Waals surface area contributed by atoms with Crippen LogP contribution in [0, 0.1) is 0 Å². The average molecular weight is 315 g/mol. The molecule has 1 saturated carbocycles. The first-order chi connectivity index (χ1) is 10.7. The molecule has 4 rings (SSSR count). The van der Waals surface area contributed by atoms with Crippen molar-refractivity contribution in [2.75, 3.05) is 0 Å². The van der Waals surface area contributed by atoms with Gasteiger partial charge in [0.25, 0.3) is 0 Å². The van der Waals surface area contributed by atoms with Crippen LogP contribution in [0.2, 0.25) is 5.02 Å². The van der Waals surface area contributed by atoms with Gasteiger partial charge in [-0.15, -0.1) is 0 Å². The third kappa shape index (κ3) is 2.22. The molecule has 5 heteroatoms. The third-order valence-corrected chi connectivity index (χ3v) is 4.91. The topological polar surface area (TPSA) is 35.6 Å². The standard InChI is InChI=1S/C17H19ClN4/c1-3-11(2)15-7-17-12(6-16(15)18)8-20-22(17)14-9-19-21(10-14)13-4-5-13/h6-11,13H,3-5H2,1-2H3. The second kappa shape index (κ2) is 5.13. The molecular formula is C17H19ClN4. The van der Waals surface area contributed by atoms with Gasteiger partial charge in [-0.25, -0.2) is 4.68 Å². The van der Waals surface area contributed by atoms with Gasteiger partial charge in [-0.1, -0.05) is 25.4 Å². The van der Waals surface area contributed by atoms with E-state index in [0.717, 1.165) is 28.0 Å². The van der Waals surface area contributed by atoms with Crippen LogP contribution in [0.4, 0.5) is 0 Å². The summed E-state index contributed by atoms with van der Waals surface area (Å²) in [5, 5.41) is 10.9. The van der Waals surface area contributed by atoms with E-state index < -0.39 is 0 Å². The van der Waals surface area contributed by atoms with Crippen molar-refractivity contribution in [3.05, 3.63) is 41.3 Å². The number of benzene rings is 1. The Morgan fingerprint density at radius 1 is 1.27 bits per heavy atom. The van der Waals surface area contributed by atoms with Gasteiger partial charge in [0.15, 0.2) is 0 Å². The van der Waals surface area contributed by atoms with Crippen molar-refractivity contribution in [1.29, 1.82) is 0 Å². The van der Waals surface area contributed by atoms with E-state index in [1.807, 2.05) is 27.8 Å². The Bertz CT molecular complexity index is 828. The van der Waals surface area contributed by atoms with E-state index in [4.69, 9.17) is 11.6 Å². The predicted molar refractivity (Wildman–Crippen MR) is 88.8 cm³/mol. The van der Waals surface area contributed by atoms with Crippen molar-refractivity contribution in [3.63, 3.8) is 0 Å². The largest absolute Gasteiger partial charge is 0.267 e. The van der Waals surface area contributed by atoms with Gasteiger partial charge in [0.2, 0.25) is 0 Å². The monoisotopic (exact) mass is 314 g/mol. The first kappa shape index (κ1) is 13.8. The van der Waals surface area contributed by atoms with Crippen molar-refractivity contribution >= 4 is 22.5 Å². The van der Waals surface area contributed by atoms with Crippen LogP contribution in [-0.2, 0) is 0 Å². The summed E-state index contributed by atoms with van der Waals surface area (Å²) in [7, 11) is 0. The normalized spacial score (nSPS) is 16.3. The molecule has 114 valence electrons. The number of rotatable bonds is 4. The number of hydrogen-bond donors (Lipinski definition) is 0. The summed E-state index contributed by atoms with van der Waals surface area (Å²) in [5.74, 6) is 0.439. The molecule has 0 N–H and O–H groups in total. The van der Waals surface area contributed by atoms with Crippen LogP contribution < -0.4 is 0 Å². The van der Waals surface area contributed by atoms with Gasteiger partial charge >= 0.3 is 0 Å². The zero-order valence-corrected chi connectivity index (χ0v) is 13.6. The molecule has 1 unspecified atom stereocenters. The summed E-state index contributed by atoms with van der Waals surface area (Å²) in [6, 6.07) is 4.78. The summed E-state index contributed by atoms with van der Waals surface area (Å²) in [6.07, 6.45) is 9.38. The van der Waals surface area contributed by atoms with Crippen molar-refractivity contribution in [3.8, 4) is 5.69 Å². The highest BCUT2D eigenvalue weighted by Gasteiger charge is 2.24. The summed E-state index contributed by atoms with van der Waals surface area (Å²) in [4.78, 5) is 0. The fourth-order valence-corrected chi connectivity index (χ4v) is 3.20. The van der Waals surface area contributed by atoms with Gasteiger partial charge < -0.3 is 0 Å². The van der Waals surface area contributed by atoms with Crippen molar-refractivity contribution in [2.24, 2.45) is 0 Å². The number of nitrogens with zero attached hydrogens (tertiary/aromatic N) is 4. The third-order valence-electron chi connectivity index (χ3n) is 4.58. The lowest BCUT2D eigenvalue weighted by atomic mass is 9.97. The quantitative estimate of drug-likeness (QED) is 0.698. The highest BCUT2D eigenvalue weighted by atomic mass is 35.5. The maximum Gasteiger partial charge on any atom is 0.103 e. The molecular weight excluding hydrogens is 296 g/mol. The van der Waals surface area contributed by atoms with E-state index in [0.29, 0.717) is 12.0 Å². The van der Waals surface area contributed by atoms with Crippen molar-refractivity contribution < 1.29 is 0 Å². The molecule has 0 aliphatic heterocycles. The highest BCUT2D eigenvalue weighted by molar-refractivity contribution is 6.32. The van der Waals surface area contributed by atoms with Crippen LogP contribution in [0.1, 0.15) is 50.6 Å². The Kier molecular flexibility index (Phi) is 3.22. The van der Waals surface area contributed by atoms with Crippen molar-refractivity contribution in [2.45, 2.75) is 45.1 Å². The summed E-state index contributed by atoms with van der Waals surface area (Å²) in [6.45, 7) is 4.39. The highest BCUT2D eigenvalue weighted by Crippen LogP contribution is 2.35. The van der Waals surface area contributed by atoms with Gasteiger partial charge in [0, 0.05) is 10.4 Å². The fourth-order valence-electron chi connectivity index (χ4n) is 2.84. The van der Waals surface area contributed by atoms with Crippen LogP contribution in [0.3, 0.4) is 0 Å². The molecule has 0 spiro atoms. The molecule has 0 radical (unpaired) electrons.